The lowest BCUT2D eigenvalue weighted by atomic mass is 9.99. The highest BCUT2D eigenvalue weighted by Crippen LogP contribution is 2.26. The van der Waals surface area contributed by atoms with E-state index >= 15 is 0 Å². The van der Waals surface area contributed by atoms with E-state index in [1.165, 1.54) is 102 Å². The molecule has 1 amide bonds. The first kappa shape index (κ1) is 55.6. The molecule has 348 valence electrons. The Bertz CT molecular complexity index is 1170. The van der Waals surface area contributed by atoms with E-state index in [9.17, 15) is 38.7 Å². The summed E-state index contributed by atoms with van der Waals surface area (Å²) in [5.74, 6) is -0.708. The zero-order chi connectivity index (χ0) is 43.6. The summed E-state index contributed by atoms with van der Waals surface area (Å²) in [6, 6.07) is -1.12. The molecular formula is C45H85NO12S. The molecule has 59 heavy (non-hydrogen) atoms. The van der Waals surface area contributed by atoms with Crippen LogP contribution in [-0.4, -0.2) is 107 Å². The predicted molar refractivity (Wildman–Crippen MR) is 233 cm³/mol. The van der Waals surface area contributed by atoms with Crippen LogP contribution in [0.4, 0.5) is 0 Å². The van der Waals surface area contributed by atoms with Gasteiger partial charge in [0.05, 0.1) is 25.4 Å². The number of nitrogens with one attached hydrogen (secondary N) is 1. The van der Waals surface area contributed by atoms with Crippen molar-refractivity contribution in [2.24, 2.45) is 0 Å². The van der Waals surface area contributed by atoms with Crippen LogP contribution in [0.2, 0.25) is 0 Å². The fraction of sp³-hybridized carbons (Fsp3) is 0.889. The Balaban J connectivity index is 2.54. The molecule has 13 nitrogen and oxygen atoms in total. The Hall–Kier alpha value is -1.46. The van der Waals surface area contributed by atoms with E-state index in [1.807, 2.05) is 6.08 Å². The molecule has 1 rings (SSSR count). The maximum atomic E-state index is 13.1. The third-order valence-electron chi connectivity index (χ3n) is 11.1. The standard InChI is InChI=1S/C45H85NO12S/c1-3-5-7-9-11-13-15-16-17-18-19-20-21-22-24-26-28-30-32-34-39(49)44(52)46-37(38(48)33-31-29-27-25-23-14-12-10-8-6-4-2)36-56-45-42(51)43(58-59(53,54)55)41(50)40(35-47)57-45/h19-20,31,33,37-43,45,47-51H,3-18,21-30,32,34-36H2,1-2H3,(H,46,52)(H,53,54,55)/b20-19-,33-31+. The van der Waals surface area contributed by atoms with Crippen LogP contribution >= 0.6 is 0 Å². The summed E-state index contributed by atoms with van der Waals surface area (Å²) in [7, 11) is -5.12. The van der Waals surface area contributed by atoms with E-state index in [2.05, 4.69) is 35.5 Å². The van der Waals surface area contributed by atoms with Gasteiger partial charge in [-0.25, -0.2) is 4.18 Å². The summed E-state index contributed by atoms with van der Waals surface area (Å²) in [6.07, 6.45) is 28.4. The zero-order valence-corrected chi connectivity index (χ0v) is 37.5. The highest BCUT2D eigenvalue weighted by Gasteiger charge is 2.48. The van der Waals surface area contributed by atoms with Gasteiger partial charge in [-0.05, 0) is 44.9 Å². The Morgan fingerprint density at radius 3 is 1.58 bits per heavy atom. The van der Waals surface area contributed by atoms with E-state index in [1.54, 1.807) is 0 Å². The molecule has 0 aromatic rings. The average Bonchev–Trinajstić information content (AvgIpc) is 3.20. The van der Waals surface area contributed by atoms with E-state index < -0.39 is 78.5 Å². The van der Waals surface area contributed by atoms with Crippen molar-refractivity contribution in [2.45, 2.75) is 243 Å². The van der Waals surface area contributed by atoms with Crippen molar-refractivity contribution in [2.75, 3.05) is 13.2 Å². The predicted octanol–water partition coefficient (Wildman–Crippen LogP) is 7.91. The number of aliphatic hydroxyl groups is 5. The minimum atomic E-state index is -5.12. The average molecular weight is 864 g/mol. The van der Waals surface area contributed by atoms with Crippen LogP contribution in [0.15, 0.2) is 24.3 Å². The van der Waals surface area contributed by atoms with Crippen LogP contribution < -0.4 is 5.32 Å². The third kappa shape index (κ3) is 28.7. The molecule has 0 bridgehead atoms. The quantitative estimate of drug-likeness (QED) is 0.0179. The van der Waals surface area contributed by atoms with Gasteiger partial charge in [-0.1, -0.05) is 173 Å². The molecule has 1 aliphatic rings. The molecule has 1 saturated heterocycles. The van der Waals surface area contributed by atoms with E-state index in [0.29, 0.717) is 12.8 Å². The minimum Gasteiger partial charge on any atom is -0.394 e. The summed E-state index contributed by atoms with van der Waals surface area (Å²) in [6.45, 7) is 3.19. The minimum absolute atomic E-state index is 0.237. The first-order chi connectivity index (χ1) is 28.4. The van der Waals surface area contributed by atoms with Crippen LogP contribution in [0, 0.1) is 0 Å². The van der Waals surface area contributed by atoms with Gasteiger partial charge in [-0.15, -0.1) is 0 Å². The molecule has 0 aromatic heterocycles. The number of allylic oxidation sites excluding steroid dienone is 3. The van der Waals surface area contributed by atoms with Gasteiger partial charge in [0, 0.05) is 0 Å². The molecule has 8 atom stereocenters. The van der Waals surface area contributed by atoms with Crippen LogP contribution in [0.1, 0.15) is 194 Å². The van der Waals surface area contributed by atoms with Crippen molar-refractivity contribution in [3.05, 3.63) is 24.3 Å². The maximum Gasteiger partial charge on any atom is 0.397 e. The monoisotopic (exact) mass is 864 g/mol. The molecular weight excluding hydrogens is 779 g/mol. The summed E-state index contributed by atoms with van der Waals surface area (Å²) < 4.78 is 47.4. The Labute approximate surface area is 357 Å². The molecule has 8 unspecified atom stereocenters. The number of ether oxygens (including phenoxy) is 2. The summed E-state index contributed by atoms with van der Waals surface area (Å²) in [5.41, 5.74) is 0. The maximum absolute atomic E-state index is 13.1. The van der Waals surface area contributed by atoms with E-state index in [-0.39, 0.29) is 6.42 Å². The van der Waals surface area contributed by atoms with Gasteiger partial charge in [0.2, 0.25) is 5.91 Å². The number of hydrogen-bond donors (Lipinski definition) is 7. The zero-order valence-electron chi connectivity index (χ0n) is 36.7. The normalized spacial score (nSPS) is 21.7. The summed E-state index contributed by atoms with van der Waals surface area (Å²) in [5, 5.41) is 55.1. The number of carbonyl (C=O) groups is 1. The van der Waals surface area contributed by atoms with Crippen LogP contribution in [0.25, 0.3) is 0 Å². The Kier molecular flexibility index (Phi) is 34.0. The van der Waals surface area contributed by atoms with E-state index in [4.69, 9.17) is 14.0 Å². The molecule has 0 aromatic carbocycles. The lowest BCUT2D eigenvalue weighted by Crippen LogP contribution is -2.61. The second kappa shape index (κ2) is 36.1. The first-order valence-corrected chi connectivity index (χ1v) is 24.7. The topological polar surface area (TPSA) is 212 Å². The molecule has 14 heteroatoms. The number of carbonyl (C=O) groups excluding carboxylic acids is 1. The van der Waals surface area contributed by atoms with Gasteiger partial charge in [0.15, 0.2) is 6.29 Å². The molecule has 1 heterocycles. The molecule has 0 radical (unpaired) electrons. The van der Waals surface area contributed by atoms with Crippen molar-refractivity contribution < 1.29 is 57.0 Å². The first-order valence-electron chi connectivity index (χ1n) is 23.3. The van der Waals surface area contributed by atoms with Gasteiger partial charge in [0.1, 0.15) is 30.5 Å². The van der Waals surface area contributed by atoms with Gasteiger partial charge >= 0.3 is 10.4 Å². The molecule has 0 aliphatic carbocycles. The molecule has 0 spiro atoms. The van der Waals surface area contributed by atoms with Crippen molar-refractivity contribution in [1.29, 1.82) is 0 Å². The second-order valence-corrected chi connectivity index (χ2v) is 17.5. The number of rotatable bonds is 39. The molecule has 0 saturated carbocycles. The number of unbranched alkanes of at least 4 members (excludes halogenated alkanes) is 24. The highest BCUT2D eigenvalue weighted by atomic mass is 32.3. The summed E-state index contributed by atoms with van der Waals surface area (Å²) in [4.78, 5) is 13.1. The number of hydrogen-bond acceptors (Lipinski definition) is 11. The number of aliphatic hydroxyl groups excluding tert-OH is 5. The van der Waals surface area contributed by atoms with Gasteiger partial charge in [-0.3, -0.25) is 9.35 Å². The molecule has 1 fully saturated rings. The Morgan fingerprint density at radius 2 is 1.12 bits per heavy atom. The fourth-order valence-corrected chi connectivity index (χ4v) is 7.85. The van der Waals surface area contributed by atoms with Crippen LogP contribution in [0.3, 0.4) is 0 Å². The lowest BCUT2D eigenvalue weighted by Gasteiger charge is -2.41. The van der Waals surface area contributed by atoms with Crippen molar-refractivity contribution in [1.82, 2.24) is 5.32 Å². The van der Waals surface area contributed by atoms with Gasteiger partial charge < -0.3 is 40.3 Å². The van der Waals surface area contributed by atoms with Crippen LogP contribution in [0.5, 0.6) is 0 Å². The van der Waals surface area contributed by atoms with E-state index in [0.717, 1.165) is 64.2 Å². The van der Waals surface area contributed by atoms with Crippen molar-refractivity contribution >= 4 is 16.3 Å². The van der Waals surface area contributed by atoms with Gasteiger partial charge in [-0.2, -0.15) is 8.42 Å². The van der Waals surface area contributed by atoms with Crippen LogP contribution in [-0.2, 0) is 28.9 Å². The SMILES string of the molecule is CCCCCCCCCCC/C=C\CCCCCCCCC(O)C(=O)NC(COC1OC(CO)C(O)C(OS(=O)(=O)O)C1O)C(O)/C=C/CCCCCCCCCCC. The molecule has 7 N–H and O–H groups in total. The largest absolute Gasteiger partial charge is 0.397 e. The highest BCUT2D eigenvalue weighted by molar-refractivity contribution is 7.80. The Morgan fingerprint density at radius 1 is 0.678 bits per heavy atom. The number of amides is 1. The lowest BCUT2D eigenvalue weighted by molar-refractivity contribution is -0.298. The molecule has 1 aliphatic heterocycles. The third-order valence-corrected chi connectivity index (χ3v) is 11.5. The van der Waals surface area contributed by atoms with Gasteiger partial charge in [0.25, 0.3) is 0 Å². The second-order valence-electron chi connectivity index (χ2n) is 16.5. The fourth-order valence-electron chi connectivity index (χ4n) is 7.34. The smallest absolute Gasteiger partial charge is 0.394 e. The summed E-state index contributed by atoms with van der Waals surface area (Å²) >= 11 is 0. The van der Waals surface area contributed by atoms with Crippen molar-refractivity contribution in [3.63, 3.8) is 0 Å². The van der Waals surface area contributed by atoms with Crippen molar-refractivity contribution in [3.8, 4) is 0 Å².